The molecule has 0 spiro atoms. The maximum absolute atomic E-state index is 12.7. The zero-order valence-corrected chi connectivity index (χ0v) is 18.6. The van der Waals surface area contributed by atoms with Crippen LogP contribution in [0, 0.1) is 11.8 Å². The van der Waals surface area contributed by atoms with Crippen molar-refractivity contribution in [2.75, 3.05) is 55.5 Å². The van der Waals surface area contributed by atoms with Gasteiger partial charge >= 0.3 is 0 Å². The summed E-state index contributed by atoms with van der Waals surface area (Å²) in [5, 5.41) is 11.7. The smallest absolute Gasteiger partial charge is 0.259 e. The number of carbonyl (C=O) groups is 2. The summed E-state index contributed by atoms with van der Waals surface area (Å²) in [4.78, 5) is 49.1. The Morgan fingerprint density at radius 3 is 2.62 bits per heavy atom. The van der Waals surface area contributed by atoms with E-state index in [1.807, 2.05) is 0 Å². The van der Waals surface area contributed by atoms with Crippen LogP contribution >= 0.6 is 11.3 Å². The van der Waals surface area contributed by atoms with E-state index in [2.05, 4.69) is 26.1 Å². The second-order valence-electron chi connectivity index (χ2n) is 6.37. The number of benzene rings is 1. The van der Waals surface area contributed by atoms with E-state index in [1.165, 1.54) is 6.92 Å². The number of rotatable bonds is 14. The molecule has 2 aromatic rings. The van der Waals surface area contributed by atoms with Crippen LogP contribution in [0.15, 0.2) is 23.4 Å². The Balaban J connectivity index is 1.92. The van der Waals surface area contributed by atoms with Crippen molar-refractivity contribution < 1.29 is 24.1 Å². The van der Waals surface area contributed by atoms with Gasteiger partial charge in [0.1, 0.15) is 6.61 Å². The van der Waals surface area contributed by atoms with Crippen LogP contribution in [0.3, 0.4) is 0 Å². The molecule has 12 nitrogen and oxygen atoms in total. The standard InChI is InChI=1S/C19H26N6O6S/c1-12-18(25-28)32-19(22-12)24-17(27)15-4-3-14(11-16(15)23-13(2)26)21-6-8-30-31-10-9-29-7-5-20/h3-4,11,21H,5-10,20H2,1-2H3,(H,23,26)(H,22,24,27). The molecule has 0 atom stereocenters. The predicted molar refractivity (Wildman–Crippen MR) is 121 cm³/mol. The first kappa shape index (κ1) is 25.3. The first-order valence-corrected chi connectivity index (χ1v) is 10.6. The van der Waals surface area contributed by atoms with E-state index in [0.29, 0.717) is 50.0 Å². The molecule has 1 aromatic heterocycles. The van der Waals surface area contributed by atoms with Crippen molar-refractivity contribution in [3.05, 3.63) is 34.4 Å². The van der Waals surface area contributed by atoms with Crippen LogP contribution in [-0.2, 0) is 19.3 Å². The number of nitrogens with one attached hydrogen (secondary N) is 3. The Labute approximate surface area is 188 Å². The van der Waals surface area contributed by atoms with Gasteiger partial charge in [0, 0.05) is 25.7 Å². The fourth-order valence-corrected chi connectivity index (χ4v) is 3.21. The topological polar surface area (TPSA) is 166 Å². The van der Waals surface area contributed by atoms with Gasteiger partial charge in [-0.05, 0) is 30.3 Å². The van der Waals surface area contributed by atoms with Gasteiger partial charge in [0.25, 0.3) is 5.91 Å². The van der Waals surface area contributed by atoms with Gasteiger partial charge in [-0.2, -0.15) is 0 Å². The van der Waals surface area contributed by atoms with Gasteiger partial charge in [-0.3, -0.25) is 14.9 Å². The summed E-state index contributed by atoms with van der Waals surface area (Å²) in [7, 11) is 0. The molecular formula is C19H26N6O6S. The highest BCUT2D eigenvalue weighted by Gasteiger charge is 2.16. The van der Waals surface area contributed by atoms with E-state index in [9.17, 15) is 14.5 Å². The van der Waals surface area contributed by atoms with E-state index in [-0.39, 0.29) is 28.2 Å². The van der Waals surface area contributed by atoms with Gasteiger partial charge in [-0.15, -0.1) is 4.91 Å². The number of aromatic nitrogens is 1. The van der Waals surface area contributed by atoms with Gasteiger partial charge in [0.15, 0.2) is 10.1 Å². The average Bonchev–Trinajstić information content (AvgIpc) is 3.11. The minimum Gasteiger partial charge on any atom is -0.383 e. The average molecular weight is 467 g/mol. The quantitative estimate of drug-likeness (QED) is 0.141. The van der Waals surface area contributed by atoms with Crippen molar-refractivity contribution in [3.8, 4) is 0 Å². The number of nitrogens with zero attached hydrogens (tertiary/aromatic N) is 2. The van der Waals surface area contributed by atoms with Crippen LogP contribution in [-0.4, -0.2) is 56.3 Å². The number of thiazole rings is 1. The highest BCUT2D eigenvalue weighted by molar-refractivity contribution is 7.19. The fraction of sp³-hybridized carbons (Fsp3) is 0.421. The van der Waals surface area contributed by atoms with Crippen molar-refractivity contribution in [3.63, 3.8) is 0 Å². The summed E-state index contributed by atoms with van der Waals surface area (Å²) < 4.78 is 5.15. The SMILES string of the molecule is CC(=O)Nc1cc(NCCOOCCOCCN)ccc1C(=O)Nc1nc(C)c(N=O)s1. The molecule has 0 saturated heterocycles. The number of ether oxygens (including phenoxy) is 1. The molecule has 0 aliphatic heterocycles. The van der Waals surface area contributed by atoms with E-state index in [0.717, 1.165) is 11.3 Å². The lowest BCUT2D eigenvalue weighted by molar-refractivity contribution is -0.296. The number of carbonyl (C=O) groups excluding carboxylic acids is 2. The lowest BCUT2D eigenvalue weighted by Gasteiger charge is -2.13. The number of amides is 2. The Hall–Kier alpha value is -2.97. The molecule has 174 valence electrons. The molecule has 0 fully saturated rings. The minimum absolute atomic E-state index is 0.191. The first-order valence-electron chi connectivity index (χ1n) is 9.74. The number of nitrogens with two attached hydrogens (primary N) is 1. The molecule has 2 rings (SSSR count). The van der Waals surface area contributed by atoms with Gasteiger partial charge in [0.05, 0.1) is 36.8 Å². The summed E-state index contributed by atoms with van der Waals surface area (Å²) in [6, 6.07) is 4.88. The van der Waals surface area contributed by atoms with Crippen molar-refractivity contribution in [1.82, 2.24) is 4.98 Å². The van der Waals surface area contributed by atoms with E-state index < -0.39 is 5.91 Å². The van der Waals surface area contributed by atoms with Gasteiger partial charge in [-0.25, -0.2) is 14.8 Å². The Morgan fingerprint density at radius 2 is 1.94 bits per heavy atom. The third kappa shape index (κ3) is 8.28. The van der Waals surface area contributed by atoms with Crippen LogP contribution in [0.2, 0.25) is 0 Å². The number of hydrogen-bond donors (Lipinski definition) is 4. The lowest BCUT2D eigenvalue weighted by Crippen LogP contribution is -2.17. The highest BCUT2D eigenvalue weighted by atomic mass is 32.1. The van der Waals surface area contributed by atoms with Gasteiger partial charge in [0.2, 0.25) is 5.91 Å². The van der Waals surface area contributed by atoms with Crippen molar-refractivity contribution in [1.29, 1.82) is 0 Å². The minimum atomic E-state index is -0.486. The zero-order valence-electron chi connectivity index (χ0n) is 17.8. The fourth-order valence-electron chi connectivity index (χ4n) is 2.47. The predicted octanol–water partition coefficient (Wildman–Crippen LogP) is 2.40. The van der Waals surface area contributed by atoms with E-state index >= 15 is 0 Å². The molecule has 0 aliphatic rings. The summed E-state index contributed by atoms with van der Waals surface area (Å²) in [5.74, 6) is -0.817. The molecule has 1 aromatic carbocycles. The molecule has 0 unspecified atom stereocenters. The molecule has 1 heterocycles. The second-order valence-corrected chi connectivity index (χ2v) is 7.35. The number of anilines is 3. The number of nitroso groups, excluding NO2 is 1. The second kappa shape index (κ2) is 13.4. The number of hydrogen-bond acceptors (Lipinski definition) is 11. The van der Waals surface area contributed by atoms with Crippen LogP contribution in [0.5, 0.6) is 0 Å². The molecule has 32 heavy (non-hydrogen) atoms. The molecule has 2 amide bonds. The van der Waals surface area contributed by atoms with E-state index in [1.54, 1.807) is 25.1 Å². The summed E-state index contributed by atoms with van der Waals surface area (Å²) in [6.07, 6.45) is 0. The molecule has 5 N–H and O–H groups in total. The van der Waals surface area contributed by atoms with Crippen LogP contribution in [0.1, 0.15) is 23.0 Å². The Bertz CT molecular complexity index is 922. The zero-order chi connectivity index (χ0) is 23.3. The van der Waals surface area contributed by atoms with E-state index in [4.69, 9.17) is 20.2 Å². The summed E-state index contributed by atoms with van der Waals surface area (Å²) in [6.45, 7) is 5.26. The third-order valence-corrected chi connectivity index (χ3v) is 4.77. The van der Waals surface area contributed by atoms with Crippen LogP contribution in [0.25, 0.3) is 0 Å². The largest absolute Gasteiger partial charge is 0.383 e. The van der Waals surface area contributed by atoms with Gasteiger partial charge in [-0.1, -0.05) is 11.3 Å². The monoisotopic (exact) mass is 466 g/mol. The van der Waals surface area contributed by atoms with Crippen molar-refractivity contribution in [2.45, 2.75) is 13.8 Å². The van der Waals surface area contributed by atoms with Crippen molar-refractivity contribution >= 4 is 44.7 Å². The van der Waals surface area contributed by atoms with Gasteiger partial charge < -0.3 is 21.1 Å². The van der Waals surface area contributed by atoms with Crippen LogP contribution < -0.4 is 21.7 Å². The molecule has 13 heteroatoms. The normalized spacial score (nSPS) is 10.6. The maximum atomic E-state index is 12.7. The molecule has 0 bridgehead atoms. The Morgan fingerprint density at radius 1 is 1.16 bits per heavy atom. The first-order chi connectivity index (χ1) is 15.4. The number of aryl methyl sites for hydroxylation is 1. The van der Waals surface area contributed by atoms with Crippen LogP contribution in [0.4, 0.5) is 21.5 Å². The van der Waals surface area contributed by atoms with Crippen molar-refractivity contribution in [2.24, 2.45) is 10.9 Å². The highest BCUT2D eigenvalue weighted by Crippen LogP contribution is 2.31. The molecule has 0 radical (unpaired) electrons. The molecule has 0 saturated carbocycles. The lowest BCUT2D eigenvalue weighted by atomic mass is 10.1. The third-order valence-electron chi connectivity index (χ3n) is 3.82. The maximum Gasteiger partial charge on any atom is 0.259 e. The molecule has 0 aliphatic carbocycles. The summed E-state index contributed by atoms with van der Waals surface area (Å²) in [5.41, 5.74) is 6.95. The molecular weight excluding hydrogens is 440 g/mol. The Kier molecular flexibility index (Phi) is 10.6. The summed E-state index contributed by atoms with van der Waals surface area (Å²) >= 11 is 0.967.